The summed E-state index contributed by atoms with van der Waals surface area (Å²) in [6.45, 7) is 4.98. The molecule has 0 amide bonds. The number of hydrogen-bond acceptors (Lipinski definition) is 0. The summed E-state index contributed by atoms with van der Waals surface area (Å²) in [6.07, 6.45) is 0.736. The van der Waals surface area contributed by atoms with Gasteiger partial charge in [0.15, 0.2) is 0 Å². The normalized spacial score (nSPS) is 7.50. The molecule has 0 aromatic heterocycles. The van der Waals surface area contributed by atoms with Crippen molar-refractivity contribution in [1.82, 2.24) is 0 Å². The zero-order chi connectivity index (χ0) is 3.41. The average molecular weight is 121 g/mol. The molecule has 0 aliphatic carbocycles. The van der Waals surface area contributed by atoms with Crippen molar-refractivity contribution < 1.29 is 0 Å². The number of hydrogen-bond donors (Lipinski definition) is 0. The molecule has 0 N–H and O–H groups in total. The SMILES string of the molecule is [CH]CCBr. The molecule has 0 saturated heterocycles. The molecule has 1 heteroatoms. The summed E-state index contributed by atoms with van der Waals surface area (Å²) in [5, 5.41) is 0.910. The Morgan fingerprint density at radius 3 is 2.00 bits per heavy atom. The van der Waals surface area contributed by atoms with Crippen LogP contribution in [0.4, 0.5) is 0 Å². The summed E-state index contributed by atoms with van der Waals surface area (Å²) in [5.74, 6) is 0. The average Bonchev–Trinajstić information content (AvgIpc) is 1.37. The first kappa shape index (κ1) is 4.48. The van der Waals surface area contributed by atoms with Gasteiger partial charge in [-0.2, -0.15) is 0 Å². The van der Waals surface area contributed by atoms with E-state index in [1.807, 2.05) is 0 Å². The minimum atomic E-state index is 0.736. The van der Waals surface area contributed by atoms with E-state index >= 15 is 0 Å². The van der Waals surface area contributed by atoms with E-state index in [1.54, 1.807) is 0 Å². The van der Waals surface area contributed by atoms with Gasteiger partial charge in [-0.15, -0.1) is 0 Å². The smallest absolute Gasteiger partial charge is 0.00341 e. The Balaban J connectivity index is 1.97. The fourth-order valence-corrected chi connectivity index (χ4v) is 0. The van der Waals surface area contributed by atoms with Crippen LogP contribution in [0.15, 0.2) is 0 Å². The van der Waals surface area contributed by atoms with Crippen molar-refractivity contribution in [2.75, 3.05) is 5.33 Å². The zero-order valence-corrected chi connectivity index (χ0v) is 3.96. The van der Waals surface area contributed by atoms with Crippen LogP contribution < -0.4 is 0 Å². The fraction of sp³-hybridized carbons (Fsp3) is 0.667. The van der Waals surface area contributed by atoms with E-state index in [0.29, 0.717) is 0 Å². The lowest BCUT2D eigenvalue weighted by Crippen LogP contribution is -1.55. The molecule has 0 bridgehead atoms. The van der Waals surface area contributed by atoms with Crippen LogP contribution in [-0.2, 0) is 0 Å². The van der Waals surface area contributed by atoms with Gasteiger partial charge in [0, 0.05) is 5.33 Å². The van der Waals surface area contributed by atoms with Crippen LogP contribution in [0.1, 0.15) is 6.42 Å². The van der Waals surface area contributed by atoms with Gasteiger partial charge in [-0.1, -0.05) is 15.9 Å². The first-order valence-corrected chi connectivity index (χ1v) is 2.30. The second kappa shape index (κ2) is 3.48. The second-order valence-electron chi connectivity index (χ2n) is 0.478. The van der Waals surface area contributed by atoms with Gasteiger partial charge in [-0.3, -0.25) is 0 Å². The summed E-state index contributed by atoms with van der Waals surface area (Å²) >= 11 is 3.12. The van der Waals surface area contributed by atoms with Gasteiger partial charge in [0.2, 0.25) is 0 Å². The van der Waals surface area contributed by atoms with Gasteiger partial charge in [0.05, 0.1) is 0 Å². The lowest BCUT2D eigenvalue weighted by molar-refractivity contribution is 1.26. The topological polar surface area (TPSA) is 0 Å². The van der Waals surface area contributed by atoms with Crippen molar-refractivity contribution in [2.24, 2.45) is 0 Å². The van der Waals surface area contributed by atoms with Crippen molar-refractivity contribution in [3.8, 4) is 0 Å². The van der Waals surface area contributed by atoms with Crippen LogP contribution in [0.25, 0.3) is 0 Å². The Morgan fingerprint density at radius 2 is 2.00 bits per heavy atom. The molecule has 0 nitrogen and oxygen atoms in total. The highest BCUT2D eigenvalue weighted by Crippen LogP contribution is 1.79. The molecule has 0 heterocycles. The highest BCUT2D eigenvalue weighted by molar-refractivity contribution is 9.09. The molecular formula is C3H5Br. The van der Waals surface area contributed by atoms with Gasteiger partial charge >= 0.3 is 0 Å². The van der Waals surface area contributed by atoms with E-state index in [2.05, 4.69) is 15.9 Å². The van der Waals surface area contributed by atoms with Crippen LogP contribution in [0.2, 0.25) is 0 Å². The maximum atomic E-state index is 4.98. The number of rotatable bonds is 1. The number of alkyl halides is 1. The highest BCUT2D eigenvalue weighted by Gasteiger charge is 1.59. The van der Waals surface area contributed by atoms with Crippen molar-refractivity contribution in [3.05, 3.63) is 6.92 Å². The molecule has 0 rings (SSSR count). The summed E-state index contributed by atoms with van der Waals surface area (Å²) in [7, 11) is 0. The third-order valence-corrected chi connectivity index (χ3v) is 0.567. The molecule has 0 aromatic rings. The third kappa shape index (κ3) is 2.48. The fourth-order valence-electron chi connectivity index (χ4n) is 0. The largest absolute Gasteiger partial charge is 0.0928 e. The van der Waals surface area contributed by atoms with Crippen molar-refractivity contribution >= 4 is 15.9 Å². The van der Waals surface area contributed by atoms with E-state index in [9.17, 15) is 0 Å². The molecular weight excluding hydrogens is 116 g/mol. The van der Waals surface area contributed by atoms with Crippen LogP contribution in [0.5, 0.6) is 0 Å². The molecule has 0 unspecified atom stereocenters. The van der Waals surface area contributed by atoms with Crippen molar-refractivity contribution in [2.45, 2.75) is 6.42 Å². The van der Waals surface area contributed by atoms with Crippen molar-refractivity contribution in [1.29, 1.82) is 0 Å². The first-order chi connectivity index (χ1) is 1.91. The van der Waals surface area contributed by atoms with Gasteiger partial charge in [-0.25, -0.2) is 0 Å². The van der Waals surface area contributed by atoms with E-state index in [-0.39, 0.29) is 0 Å². The first-order valence-electron chi connectivity index (χ1n) is 1.18. The summed E-state index contributed by atoms with van der Waals surface area (Å²) in [4.78, 5) is 0. The Hall–Kier alpha value is 0.480. The molecule has 0 atom stereocenters. The Morgan fingerprint density at radius 1 is 1.75 bits per heavy atom. The maximum Gasteiger partial charge on any atom is 0.00341 e. The Kier molecular flexibility index (Phi) is 3.90. The molecule has 0 saturated carbocycles. The van der Waals surface area contributed by atoms with Gasteiger partial charge in [0.1, 0.15) is 0 Å². The van der Waals surface area contributed by atoms with Crippen LogP contribution in [0.3, 0.4) is 0 Å². The van der Waals surface area contributed by atoms with Crippen LogP contribution >= 0.6 is 15.9 Å². The predicted octanol–water partition coefficient (Wildman–Crippen LogP) is 1.48. The zero-order valence-electron chi connectivity index (χ0n) is 2.37. The molecule has 24 valence electrons. The summed E-state index contributed by atoms with van der Waals surface area (Å²) < 4.78 is 0. The van der Waals surface area contributed by atoms with E-state index < -0.39 is 0 Å². The Bertz CT molecular complexity index is 5.25. The lowest BCUT2D eigenvalue weighted by atomic mass is 10.6. The lowest BCUT2D eigenvalue weighted by Gasteiger charge is -1.65. The van der Waals surface area contributed by atoms with Crippen LogP contribution in [-0.4, -0.2) is 5.33 Å². The summed E-state index contributed by atoms with van der Waals surface area (Å²) in [5.41, 5.74) is 0. The quantitative estimate of drug-likeness (QED) is 0.461. The van der Waals surface area contributed by atoms with Gasteiger partial charge in [0.25, 0.3) is 0 Å². The van der Waals surface area contributed by atoms with Gasteiger partial charge in [-0.05, 0) is 13.3 Å². The monoisotopic (exact) mass is 120 g/mol. The molecule has 2 radical (unpaired) electrons. The molecule has 4 heavy (non-hydrogen) atoms. The predicted molar refractivity (Wildman–Crippen MR) is 22.7 cm³/mol. The summed E-state index contributed by atoms with van der Waals surface area (Å²) in [6, 6.07) is 0. The van der Waals surface area contributed by atoms with Gasteiger partial charge < -0.3 is 0 Å². The molecule has 0 aliphatic heterocycles. The van der Waals surface area contributed by atoms with Crippen LogP contribution in [0, 0.1) is 6.92 Å². The maximum absolute atomic E-state index is 4.98. The second-order valence-corrected chi connectivity index (χ2v) is 1.27. The Labute approximate surface area is 35.3 Å². The van der Waals surface area contributed by atoms with E-state index in [0.717, 1.165) is 11.8 Å². The van der Waals surface area contributed by atoms with E-state index in [4.69, 9.17) is 6.92 Å². The van der Waals surface area contributed by atoms with E-state index in [1.165, 1.54) is 0 Å². The minimum Gasteiger partial charge on any atom is -0.0928 e. The standard InChI is InChI=1S/C3H5Br/c1-2-3-4/h1H,2-3H2. The molecule has 0 aliphatic rings. The molecule has 0 spiro atoms. The highest BCUT2D eigenvalue weighted by atomic mass is 79.9. The molecule has 0 aromatic carbocycles. The molecule has 0 fully saturated rings. The van der Waals surface area contributed by atoms with Crippen molar-refractivity contribution in [3.63, 3.8) is 0 Å². The number of halogens is 1. The minimum absolute atomic E-state index is 0.736. The third-order valence-electron chi connectivity index (χ3n) is 0.109.